The molecule has 0 radical (unpaired) electrons. The monoisotopic (exact) mass is 384 g/mol. The van der Waals surface area contributed by atoms with E-state index in [9.17, 15) is 14.4 Å². The van der Waals surface area contributed by atoms with Gasteiger partial charge in [-0.25, -0.2) is 4.98 Å². The normalized spacial score (nSPS) is 10.6. The predicted octanol–water partition coefficient (Wildman–Crippen LogP) is 1.23. The van der Waals surface area contributed by atoms with Crippen LogP contribution in [0.2, 0.25) is 0 Å². The van der Waals surface area contributed by atoms with Crippen molar-refractivity contribution in [2.75, 3.05) is 5.32 Å². The first-order valence-electron chi connectivity index (χ1n) is 8.73. The van der Waals surface area contributed by atoms with Gasteiger partial charge in [-0.15, -0.1) is 0 Å². The average molecular weight is 384 g/mol. The molecule has 0 aromatic carbocycles. The molecule has 0 aliphatic heterocycles. The van der Waals surface area contributed by atoms with E-state index < -0.39 is 11.8 Å². The number of pyridine rings is 2. The number of hydrogen-bond acceptors (Lipinski definition) is 6. The van der Waals surface area contributed by atoms with E-state index in [-0.39, 0.29) is 40.8 Å². The lowest BCUT2D eigenvalue weighted by Gasteiger charge is -2.16. The summed E-state index contributed by atoms with van der Waals surface area (Å²) < 4.78 is 0. The number of carbonyl (C=O) groups is 2. The molecule has 2 amide bonds. The zero-order chi connectivity index (χ0) is 21.0. The van der Waals surface area contributed by atoms with Crippen molar-refractivity contribution < 1.29 is 9.59 Å². The number of nitrogens with two attached hydrogens (primary N) is 1. The Morgan fingerprint density at radius 2 is 2.00 bits per heavy atom. The van der Waals surface area contributed by atoms with Gasteiger partial charge in [0.05, 0.1) is 5.56 Å². The number of rotatable bonds is 7. The molecule has 9 heteroatoms. The van der Waals surface area contributed by atoms with Crippen LogP contribution < -0.4 is 21.9 Å². The Labute approximate surface area is 162 Å². The van der Waals surface area contributed by atoms with Crippen LogP contribution in [0.4, 0.5) is 5.82 Å². The van der Waals surface area contributed by atoms with Crippen molar-refractivity contribution in [2.45, 2.75) is 40.3 Å². The Morgan fingerprint density at radius 3 is 2.54 bits per heavy atom. The van der Waals surface area contributed by atoms with E-state index in [0.717, 1.165) is 17.5 Å². The Bertz CT molecular complexity index is 994. The summed E-state index contributed by atoms with van der Waals surface area (Å²) in [5.74, 6) is -1.12. The fraction of sp³-hybridized carbons (Fsp3) is 0.316. The predicted molar refractivity (Wildman–Crippen MR) is 107 cm³/mol. The van der Waals surface area contributed by atoms with Gasteiger partial charge in [-0.3, -0.25) is 14.4 Å². The second kappa shape index (κ2) is 8.47. The molecule has 2 aromatic heterocycles. The standard InChI is InChI=1S/C19H24N6O3/c1-9(2)23-17-13(7-20)12(6-15(25-17)16(21)26)18(27)22-8-14-10(3)5-11(4)24-19(14)28/h5-7,9,20H,8H2,1-4H3,(H2,21,26)(H,22,27)(H,23,25)(H,24,28). The number of amides is 2. The van der Waals surface area contributed by atoms with Crippen LogP contribution in [0.25, 0.3) is 0 Å². The van der Waals surface area contributed by atoms with Crippen LogP contribution in [-0.2, 0) is 6.54 Å². The second-order valence-corrected chi connectivity index (χ2v) is 6.75. The number of H-pyrrole nitrogens is 1. The van der Waals surface area contributed by atoms with Gasteiger partial charge in [-0.1, -0.05) is 0 Å². The van der Waals surface area contributed by atoms with Crippen LogP contribution >= 0.6 is 0 Å². The number of aromatic nitrogens is 2. The van der Waals surface area contributed by atoms with E-state index in [1.54, 1.807) is 13.8 Å². The topological polar surface area (TPSA) is 154 Å². The number of carbonyl (C=O) groups excluding carboxylic acids is 2. The number of anilines is 1. The van der Waals surface area contributed by atoms with E-state index in [1.807, 2.05) is 19.9 Å². The van der Waals surface area contributed by atoms with E-state index in [1.165, 1.54) is 6.07 Å². The molecule has 6 N–H and O–H groups in total. The van der Waals surface area contributed by atoms with Crippen LogP contribution in [0, 0.1) is 19.3 Å². The van der Waals surface area contributed by atoms with Crippen molar-refractivity contribution in [1.82, 2.24) is 15.3 Å². The molecule has 0 aliphatic carbocycles. The lowest BCUT2D eigenvalue weighted by atomic mass is 10.1. The van der Waals surface area contributed by atoms with Gasteiger partial charge in [0, 0.05) is 35.6 Å². The maximum Gasteiger partial charge on any atom is 0.267 e. The average Bonchev–Trinajstić information content (AvgIpc) is 2.59. The summed E-state index contributed by atoms with van der Waals surface area (Å²) in [5.41, 5.74) is 7.17. The van der Waals surface area contributed by atoms with Gasteiger partial charge in [0.25, 0.3) is 17.4 Å². The molecule has 2 heterocycles. The molecule has 0 atom stereocenters. The Balaban J connectivity index is 2.41. The number of aromatic amines is 1. The fourth-order valence-corrected chi connectivity index (χ4v) is 2.76. The number of primary amides is 1. The molecule has 2 rings (SSSR count). The molecular weight excluding hydrogens is 360 g/mol. The minimum Gasteiger partial charge on any atom is -0.367 e. The van der Waals surface area contributed by atoms with Crippen LogP contribution in [-0.4, -0.2) is 34.0 Å². The highest BCUT2D eigenvalue weighted by Gasteiger charge is 2.20. The Hall–Kier alpha value is -3.49. The quantitative estimate of drug-likeness (QED) is 0.454. The summed E-state index contributed by atoms with van der Waals surface area (Å²) in [5, 5.41) is 13.3. The molecular formula is C19H24N6O3. The third-order valence-electron chi connectivity index (χ3n) is 4.04. The van der Waals surface area contributed by atoms with Gasteiger partial charge >= 0.3 is 0 Å². The van der Waals surface area contributed by atoms with Crippen LogP contribution in [0.15, 0.2) is 16.9 Å². The zero-order valence-electron chi connectivity index (χ0n) is 16.3. The smallest absolute Gasteiger partial charge is 0.267 e. The third-order valence-corrected chi connectivity index (χ3v) is 4.04. The highest BCUT2D eigenvalue weighted by Crippen LogP contribution is 2.19. The number of nitrogens with zero attached hydrogens (tertiary/aromatic N) is 1. The maximum absolute atomic E-state index is 12.8. The number of aryl methyl sites for hydroxylation is 2. The number of nitrogens with one attached hydrogen (secondary N) is 4. The Kier molecular flexibility index (Phi) is 6.29. The maximum atomic E-state index is 12.8. The lowest BCUT2D eigenvalue weighted by molar-refractivity contribution is 0.0950. The van der Waals surface area contributed by atoms with Crippen molar-refractivity contribution in [3.05, 3.63) is 56.1 Å². The zero-order valence-corrected chi connectivity index (χ0v) is 16.3. The molecule has 148 valence electrons. The van der Waals surface area contributed by atoms with E-state index in [4.69, 9.17) is 11.1 Å². The Morgan fingerprint density at radius 1 is 1.32 bits per heavy atom. The van der Waals surface area contributed by atoms with Crippen molar-refractivity contribution in [1.29, 1.82) is 5.41 Å². The minimum atomic E-state index is -0.789. The van der Waals surface area contributed by atoms with Gasteiger partial charge in [-0.05, 0) is 45.4 Å². The van der Waals surface area contributed by atoms with Crippen molar-refractivity contribution in [3.8, 4) is 0 Å². The van der Waals surface area contributed by atoms with Gasteiger partial charge in [0.1, 0.15) is 11.5 Å². The first-order valence-corrected chi connectivity index (χ1v) is 8.73. The molecule has 28 heavy (non-hydrogen) atoms. The van der Waals surface area contributed by atoms with E-state index >= 15 is 0 Å². The third kappa shape index (κ3) is 4.61. The van der Waals surface area contributed by atoms with Crippen molar-refractivity contribution in [2.24, 2.45) is 5.73 Å². The second-order valence-electron chi connectivity index (χ2n) is 6.75. The summed E-state index contributed by atoms with van der Waals surface area (Å²) in [6, 6.07) is 3.02. The largest absolute Gasteiger partial charge is 0.367 e. The molecule has 2 aromatic rings. The van der Waals surface area contributed by atoms with Gasteiger partial charge in [0.15, 0.2) is 0 Å². The van der Waals surface area contributed by atoms with Gasteiger partial charge in [-0.2, -0.15) is 0 Å². The summed E-state index contributed by atoms with van der Waals surface area (Å²) >= 11 is 0. The minimum absolute atomic E-state index is 0.00110. The van der Waals surface area contributed by atoms with Crippen molar-refractivity contribution in [3.63, 3.8) is 0 Å². The highest BCUT2D eigenvalue weighted by atomic mass is 16.2. The van der Waals surface area contributed by atoms with Crippen LogP contribution in [0.5, 0.6) is 0 Å². The van der Waals surface area contributed by atoms with Crippen LogP contribution in [0.1, 0.15) is 57.1 Å². The van der Waals surface area contributed by atoms with Gasteiger partial charge in [0.2, 0.25) is 0 Å². The first-order chi connectivity index (χ1) is 13.1. The summed E-state index contributed by atoms with van der Waals surface area (Å²) in [4.78, 5) is 43.3. The van der Waals surface area contributed by atoms with Crippen LogP contribution in [0.3, 0.4) is 0 Å². The molecule has 0 spiro atoms. The molecule has 9 nitrogen and oxygen atoms in total. The van der Waals surface area contributed by atoms with E-state index in [0.29, 0.717) is 5.56 Å². The lowest BCUT2D eigenvalue weighted by Crippen LogP contribution is -2.30. The summed E-state index contributed by atoms with van der Waals surface area (Å²) in [6.07, 6.45) is 0.987. The molecule has 0 bridgehead atoms. The molecule has 0 unspecified atom stereocenters. The van der Waals surface area contributed by atoms with Crippen molar-refractivity contribution >= 4 is 23.8 Å². The summed E-state index contributed by atoms with van der Waals surface area (Å²) in [7, 11) is 0. The highest BCUT2D eigenvalue weighted by molar-refractivity contribution is 6.06. The molecule has 0 saturated heterocycles. The summed E-state index contributed by atoms with van der Waals surface area (Å²) in [6.45, 7) is 7.28. The number of hydrogen-bond donors (Lipinski definition) is 5. The molecule has 0 aliphatic rings. The SMILES string of the molecule is Cc1cc(C)c(CNC(=O)c2cc(C(N)=O)nc(NC(C)C)c2C=N)c(=O)[nH]1. The molecule has 0 saturated carbocycles. The molecule has 0 fully saturated rings. The van der Waals surface area contributed by atoms with E-state index in [2.05, 4.69) is 20.6 Å². The van der Waals surface area contributed by atoms with Gasteiger partial charge < -0.3 is 26.8 Å². The first kappa shape index (κ1) is 20.8. The fourth-order valence-electron chi connectivity index (χ4n) is 2.76.